The first-order chi connectivity index (χ1) is 11.4. The summed E-state index contributed by atoms with van der Waals surface area (Å²) >= 11 is 0. The summed E-state index contributed by atoms with van der Waals surface area (Å²) in [5, 5.41) is 5.39. The Hall–Kier alpha value is -1.99. The van der Waals surface area contributed by atoms with Gasteiger partial charge in [0.1, 0.15) is 0 Å². The third-order valence-electron chi connectivity index (χ3n) is 3.44. The SMILES string of the molecule is CNC(=O)COc1ccc(C(=O)NC(CN)CC(C)C)cc1OC.Cl. The Balaban J connectivity index is 0.00000576. The van der Waals surface area contributed by atoms with Crippen molar-refractivity contribution < 1.29 is 19.1 Å². The third-order valence-corrected chi connectivity index (χ3v) is 3.44. The van der Waals surface area contributed by atoms with E-state index in [1.54, 1.807) is 18.2 Å². The number of nitrogens with one attached hydrogen (secondary N) is 2. The number of hydrogen-bond acceptors (Lipinski definition) is 5. The van der Waals surface area contributed by atoms with E-state index in [9.17, 15) is 9.59 Å². The van der Waals surface area contributed by atoms with Crippen molar-refractivity contribution in [1.29, 1.82) is 0 Å². The normalized spacial score (nSPS) is 11.3. The highest BCUT2D eigenvalue weighted by molar-refractivity contribution is 5.95. The molecule has 1 atom stereocenters. The van der Waals surface area contributed by atoms with Crippen molar-refractivity contribution >= 4 is 24.2 Å². The molecule has 0 aliphatic carbocycles. The smallest absolute Gasteiger partial charge is 0.257 e. The van der Waals surface area contributed by atoms with Crippen LogP contribution in [-0.4, -0.2) is 45.2 Å². The molecule has 2 amide bonds. The quantitative estimate of drug-likeness (QED) is 0.606. The molecule has 0 aliphatic rings. The molecule has 0 spiro atoms. The van der Waals surface area contributed by atoms with Gasteiger partial charge < -0.3 is 25.8 Å². The summed E-state index contributed by atoms with van der Waals surface area (Å²) in [6.07, 6.45) is 0.812. The minimum Gasteiger partial charge on any atom is -0.493 e. The third kappa shape index (κ3) is 7.62. The molecular formula is C17H28ClN3O4. The lowest BCUT2D eigenvalue weighted by atomic mass is 10.0. The number of halogens is 1. The van der Waals surface area contributed by atoms with Crippen molar-refractivity contribution in [2.45, 2.75) is 26.3 Å². The first-order valence-corrected chi connectivity index (χ1v) is 7.93. The number of ether oxygens (including phenoxy) is 2. The molecule has 1 unspecified atom stereocenters. The van der Waals surface area contributed by atoms with Gasteiger partial charge in [-0.15, -0.1) is 12.4 Å². The molecule has 0 heterocycles. The molecule has 8 heteroatoms. The number of likely N-dealkylation sites (N-methyl/N-ethyl adjacent to an activating group) is 1. The molecule has 1 aromatic carbocycles. The number of rotatable bonds is 9. The van der Waals surface area contributed by atoms with Gasteiger partial charge in [0.25, 0.3) is 11.8 Å². The van der Waals surface area contributed by atoms with E-state index in [-0.39, 0.29) is 36.9 Å². The van der Waals surface area contributed by atoms with Gasteiger partial charge >= 0.3 is 0 Å². The van der Waals surface area contributed by atoms with Crippen LogP contribution in [0.25, 0.3) is 0 Å². The Labute approximate surface area is 155 Å². The van der Waals surface area contributed by atoms with E-state index in [4.69, 9.17) is 15.2 Å². The molecule has 7 nitrogen and oxygen atoms in total. The molecule has 0 radical (unpaired) electrons. The van der Waals surface area contributed by atoms with Crippen LogP contribution in [0.2, 0.25) is 0 Å². The van der Waals surface area contributed by atoms with Crippen molar-refractivity contribution in [2.75, 3.05) is 27.3 Å². The number of benzene rings is 1. The Morgan fingerprint density at radius 2 is 1.92 bits per heavy atom. The maximum atomic E-state index is 12.4. The highest BCUT2D eigenvalue weighted by atomic mass is 35.5. The highest BCUT2D eigenvalue weighted by Crippen LogP contribution is 2.28. The van der Waals surface area contributed by atoms with Crippen LogP contribution in [0.4, 0.5) is 0 Å². The summed E-state index contributed by atoms with van der Waals surface area (Å²) in [5.41, 5.74) is 6.16. The first-order valence-electron chi connectivity index (χ1n) is 7.93. The van der Waals surface area contributed by atoms with E-state index in [0.29, 0.717) is 29.5 Å². The fourth-order valence-electron chi connectivity index (χ4n) is 2.20. The molecule has 0 aliphatic heterocycles. The standard InChI is InChI=1S/C17H27N3O4.ClH/c1-11(2)7-13(9-18)20-17(22)12-5-6-14(15(8-12)23-4)24-10-16(21)19-3;/h5-6,8,11,13H,7,9-10,18H2,1-4H3,(H,19,21)(H,20,22);1H. The topological polar surface area (TPSA) is 103 Å². The number of amides is 2. The minimum absolute atomic E-state index is 0. The van der Waals surface area contributed by atoms with Gasteiger partial charge in [-0.3, -0.25) is 9.59 Å². The monoisotopic (exact) mass is 373 g/mol. The molecule has 1 rings (SSSR count). The van der Waals surface area contributed by atoms with Gasteiger partial charge in [-0.25, -0.2) is 0 Å². The molecule has 0 fully saturated rings. The zero-order valence-corrected chi connectivity index (χ0v) is 15.9. The summed E-state index contributed by atoms with van der Waals surface area (Å²) in [6.45, 7) is 4.42. The predicted molar refractivity (Wildman–Crippen MR) is 99.6 cm³/mol. The average Bonchev–Trinajstić information content (AvgIpc) is 2.58. The molecule has 0 saturated carbocycles. The van der Waals surface area contributed by atoms with Crippen LogP contribution in [0.5, 0.6) is 11.5 Å². The van der Waals surface area contributed by atoms with Gasteiger partial charge in [-0.05, 0) is 30.5 Å². The second kappa shape index (κ2) is 11.5. The van der Waals surface area contributed by atoms with E-state index >= 15 is 0 Å². The van der Waals surface area contributed by atoms with E-state index in [1.807, 2.05) is 0 Å². The van der Waals surface area contributed by atoms with Crippen LogP contribution < -0.4 is 25.8 Å². The van der Waals surface area contributed by atoms with Crippen LogP contribution in [0, 0.1) is 5.92 Å². The predicted octanol–water partition coefficient (Wildman–Crippen LogP) is 1.34. The van der Waals surface area contributed by atoms with Gasteiger partial charge in [0.05, 0.1) is 7.11 Å². The summed E-state index contributed by atoms with van der Waals surface area (Å²) in [4.78, 5) is 23.6. The lowest BCUT2D eigenvalue weighted by Gasteiger charge is -2.19. The first kappa shape index (κ1) is 23.0. The maximum Gasteiger partial charge on any atom is 0.257 e. The Bertz CT molecular complexity index is 567. The molecule has 4 N–H and O–H groups in total. The van der Waals surface area contributed by atoms with Gasteiger partial charge in [0.2, 0.25) is 0 Å². The van der Waals surface area contributed by atoms with Crippen molar-refractivity contribution in [3.63, 3.8) is 0 Å². The van der Waals surface area contributed by atoms with Crippen LogP contribution >= 0.6 is 12.4 Å². The van der Waals surface area contributed by atoms with E-state index in [0.717, 1.165) is 6.42 Å². The van der Waals surface area contributed by atoms with E-state index in [1.165, 1.54) is 14.2 Å². The molecule has 142 valence electrons. The van der Waals surface area contributed by atoms with Crippen molar-refractivity contribution in [3.8, 4) is 11.5 Å². The zero-order valence-electron chi connectivity index (χ0n) is 15.1. The van der Waals surface area contributed by atoms with Crippen LogP contribution in [0.1, 0.15) is 30.6 Å². The summed E-state index contributed by atoms with van der Waals surface area (Å²) in [7, 11) is 3.01. The van der Waals surface area contributed by atoms with Gasteiger partial charge in [0, 0.05) is 25.2 Å². The Morgan fingerprint density at radius 3 is 2.44 bits per heavy atom. The van der Waals surface area contributed by atoms with Crippen LogP contribution in [0.3, 0.4) is 0 Å². The van der Waals surface area contributed by atoms with Crippen molar-refractivity contribution in [3.05, 3.63) is 23.8 Å². The minimum atomic E-state index is -0.252. The van der Waals surface area contributed by atoms with Gasteiger partial charge in [0.15, 0.2) is 18.1 Å². The summed E-state index contributed by atoms with van der Waals surface area (Å²) < 4.78 is 10.6. The van der Waals surface area contributed by atoms with Gasteiger partial charge in [-0.2, -0.15) is 0 Å². The number of hydrogen-bond donors (Lipinski definition) is 3. The fraction of sp³-hybridized carbons (Fsp3) is 0.529. The molecule has 0 aromatic heterocycles. The highest BCUT2D eigenvalue weighted by Gasteiger charge is 2.16. The molecule has 25 heavy (non-hydrogen) atoms. The van der Waals surface area contributed by atoms with Crippen LogP contribution in [-0.2, 0) is 4.79 Å². The largest absolute Gasteiger partial charge is 0.493 e. The van der Waals surface area contributed by atoms with Crippen molar-refractivity contribution in [1.82, 2.24) is 10.6 Å². The number of methoxy groups -OCH3 is 1. The Morgan fingerprint density at radius 1 is 1.24 bits per heavy atom. The molecule has 0 bridgehead atoms. The lowest BCUT2D eigenvalue weighted by molar-refractivity contribution is -0.122. The lowest BCUT2D eigenvalue weighted by Crippen LogP contribution is -2.41. The summed E-state index contributed by atoms with van der Waals surface area (Å²) in [5.74, 6) is 0.754. The van der Waals surface area contributed by atoms with Crippen molar-refractivity contribution in [2.24, 2.45) is 11.7 Å². The maximum absolute atomic E-state index is 12.4. The zero-order chi connectivity index (χ0) is 18.1. The molecule has 0 saturated heterocycles. The number of carbonyl (C=O) groups excluding carboxylic acids is 2. The van der Waals surface area contributed by atoms with E-state index < -0.39 is 0 Å². The van der Waals surface area contributed by atoms with Crippen LogP contribution in [0.15, 0.2) is 18.2 Å². The second-order valence-corrected chi connectivity index (χ2v) is 5.86. The number of carbonyl (C=O) groups is 2. The molecule has 1 aromatic rings. The average molecular weight is 374 g/mol. The second-order valence-electron chi connectivity index (χ2n) is 5.86. The number of nitrogens with two attached hydrogens (primary N) is 1. The fourth-order valence-corrected chi connectivity index (χ4v) is 2.20. The molecular weight excluding hydrogens is 346 g/mol. The summed E-state index contributed by atoms with van der Waals surface area (Å²) in [6, 6.07) is 4.74. The van der Waals surface area contributed by atoms with Gasteiger partial charge in [-0.1, -0.05) is 13.8 Å². The Kier molecular flexibility index (Phi) is 10.6. The van der Waals surface area contributed by atoms with E-state index in [2.05, 4.69) is 24.5 Å².